The normalized spacial score (nSPS) is 23.9. The zero-order valence-corrected chi connectivity index (χ0v) is 29.9. The number of amides is 2. The van der Waals surface area contributed by atoms with Crippen LogP contribution < -0.4 is 0 Å². The first kappa shape index (κ1) is 40.2. The van der Waals surface area contributed by atoms with Gasteiger partial charge in [-0.2, -0.15) is 10.0 Å². The van der Waals surface area contributed by atoms with Crippen molar-refractivity contribution in [3.63, 3.8) is 0 Å². The minimum atomic E-state index is -1.72. The second-order valence-electron chi connectivity index (χ2n) is 12.1. The van der Waals surface area contributed by atoms with Gasteiger partial charge in [-0.1, -0.05) is 60.7 Å². The van der Waals surface area contributed by atoms with Crippen LogP contribution in [-0.4, -0.2) is 102 Å². The number of ketones is 1. The SMILES string of the molecule is COC(=O)[C@@H]1CC[C@H](O[C@@H]2O[C@H](CC(C)=O)[C@H](OC(C)=O)[C@H](OC(C)=O)[C@H]2OC(C)=O)N(C(=O)OCc2ccccc2)N1C(=O)OCc1ccccc1. The minimum absolute atomic E-state index is 0.133. The zero-order chi connectivity index (χ0) is 38.7. The Morgan fingerprint density at radius 2 is 1.15 bits per heavy atom. The highest BCUT2D eigenvalue weighted by Gasteiger charge is 2.55. The number of ether oxygens (including phenoxy) is 8. The molecule has 0 unspecified atom stereocenters. The average molecular weight is 743 g/mol. The number of hydrazine groups is 1. The van der Waals surface area contributed by atoms with Crippen LogP contribution in [0, 0.1) is 0 Å². The molecule has 17 heteroatoms. The summed E-state index contributed by atoms with van der Waals surface area (Å²) in [6, 6.07) is 15.9. The highest BCUT2D eigenvalue weighted by Crippen LogP contribution is 2.35. The van der Waals surface area contributed by atoms with E-state index in [-0.39, 0.29) is 32.5 Å². The molecule has 53 heavy (non-hydrogen) atoms. The van der Waals surface area contributed by atoms with E-state index in [9.17, 15) is 33.6 Å². The van der Waals surface area contributed by atoms with Gasteiger partial charge in [0.2, 0.25) is 6.29 Å². The highest BCUT2D eigenvalue weighted by molar-refractivity contribution is 5.83. The molecule has 0 spiro atoms. The van der Waals surface area contributed by atoms with Crippen molar-refractivity contribution in [1.82, 2.24) is 10.0 Å². The molecule has 0 saturated carbocycles. The first-order chi connectivity index (χ1) is 25.3. The average Bonchev–Trinajstić information content (AvgIpc) is 3.12. The molecule has 2 aliphatic heterocycles. The van der Waals surface area contributed by atoms with Crippen molar-refractivity contribution in [3.8, 4) is 0 Å². The topological polar surface area (TPSA) is 200 Å². The molecule has 0 bridgehead atoms. The Bertz CT molecular complexity index is 1620. The van der Waals surface area contributed by atoms with Gasteiger partial charge in [0, 0.05) is 27.2 Å². The summed E-state index contributed by atoms with van der Waals surface area (Å²) in [6.07, 6.45) is -12.1. The smallest absolute Gasteiger partial charge is 0.431 e. The fourth-order valence-corrected chi connectivity index (χ4v) is 5.87. The van der Waals surface area contributed by atoms with Gasteiger partial charge in [0.05, 0.1) is 7.11 Å². The van der Waals surface area contributed by atoms with Crippen LogP contribution in [0.15, 0.2) is 60.7 Å². The number of carbonyl (C=O) groups is 7. The molecule has 4 rings (SSSR count). The van der Waals surface area contributed by atoms with E-state index in [1.165, 1.54) is 6.92 Å². The van der Waals surface area contributed by atoms with Crippen molar-refractivity contribution in [2.45, 2.75) is 103 Å². The largest absolute Gasteiger partial charge is 0.467 e. The maximum Gasteiger partial charge on any atom is 0.431 e. The first-order valence-corrected chi connectivity index (χ1v) is 16.7. The fourth-order valence-electron chi connectivity index (χ4n) is 5.87. The molecule has 17 nitrogen and oxygen atoms in total. The molecule has 286 valence electrons. The molecule has 2 aromatic carbocycles. The quantitative estimate of drug-likeness (QED) is 0.226. The molecule has 2 amide bonds. The lowest BCUT2D eigenvalue weighted by Gasteiger charge is -2.48. The minimum Gasteiger partial charge on any atom is -0.467 e. The predicted molar refractivity (Wildman–Crippen MR) is 177 cm³/mol. The molecule has 0 radical (unpaired) electrons. The molecule has 2 aromatic rings. The van der Waals surface area contributed by atoms with E-state index in [4.69, 9.17) is 37.9 Å². The second kappa shape index (κ2) is 18.8. The van der Waals surface area contributed by atoms with E-state index in [0.29, 0.717) is 11.1 Å². The van der Waals surface area contributed by atoms with Crippen LogP contribution in [-0.2, 0) is 75.1 Å². The van der Waals surface area contributed by atoms with Crippen LogP contribution in [0.5, 0.6) is 0 Å². The van der Waals surface area contributed by atoms with Crippen molar-refractivity contribution >= 4 is 41.8 Å². The Hall–Kier alpha value is -5.55. The maximum absolute atomic E-state index is 14.0. The summed E-state index contributed by atoms with van der Waals surface area (Å²) in [5, 5.41) is 1.45. The van der Waals surface area contributed by atoms with Gasteiger partial charge < -0.3 is 37.9 Å². The lowest BCUT2D eigenvalue weighted by Crippen LogP contribution is -2.67. The number of rotatable bonds is 12. The lowest BCUT2D eigenvalue weighted by molar-refractivity contribution is -0.333. The van der Waals surface area contributed by atoms with Gasteiger partial charge >= 0.3 is 36.1 Å². The van der Waals surface area contributed by atoms with E-state index in [1.807, 2.05) is 0 Å². The van der Waals surface area contributed by atoms with Crippen molar-refractivity contribution in [3.05, 3.63) is 71.8 Å². The predicted octanol–water partition coefficient (Wildman–Crippen LogP) is 3.36. The first-order valence-electron chi connectivity index (χ1n) is 16.7. The Labute approximate surface area is 305 Å². The molecule has 2 fully saturated rings. The van der Waals surface area contributed by atoms with E-state index in [2.05, 4.69) is 0 Å². The summed E-state index contributed by atoms with van der Waals surface area (Å²) < 4.78 is 44.9. The Kier molecular flexibility index (Phi) is 14.3. The third-order valence-electron chi connectivity index (χ3n) is 8.02. The van der Waals surface area contributed by atoms with Gasteiger partial charge in [0.15, 0.2) is 30.6 Å². The number of hydrogen-bond acceptors (Lipinski definition) is 15. The Balaban J connectivity index is 1.76. The summed E-state index contributed by atoms with van der Waals surface area (Å²) in [5.41, 5.74) is 1.20. The Morgan fingerprint density at radius 1 is 0.660 bits per heavy atom. The van der Waals surface area contributed by atoms with Gasteiger partial charge in [0.1, 0.15) is 25.1 Å². The van der Waals surface area contributed by atoms with Crippen LogP contribution in [0.2, 0.25) is 0 Å². The molecule has 0 aliphatic carbocycles. The molecule has 0 aromatic heterocycles. The molecule has 0 N–H and O–H groups in total. The van der Waals surface area contributed by atoms with Gasteiger partial charge in [-0.05, 0) is 30.9 Å². The van der Waals surface area contributed by atoms with Crippen LogP contribution in [0.25, 0.3) is 0 Å². The van der Waals surface area contributed by atoms with Crippen LogP contribution in [0.3, 0.4) is 0 Å². The molecule has 7 atom stereocenters. The van der Waals surface area contributed by atoms with E-state index >= 15 is 0 Å². The molecule has 2 aliphatic rings. The maximum atomic E-state index is 14.0. The fraction of sp³-hybridized carbons (Fsp3) is 0.472. The lowest BCUT2D eigenvalue weighted by atomic mass is 9.94. The zero-order valence-electron chi connectivity index (χ0n) is 29.9. The van der Waals surface area contributed by atoms with Gasteiger partial charge in [-0.15, -0.1) is 0 Å². The monoisotopic (exact) mass is 742 g/mol. The van der Waals surface area contributed by atoms with Crippen LogP contribution in [0.4, 0.5) is 9.59 Å². The molecular weight excluding hydrogens is 700 g/mol. The number of methoxy groups -OCH3 is 1. The standard InChI is InChI=1S/C36H42N2O15/c1-21(39)18-28-30(49-22(2)40)31(50-23(3)41)32(51-24(4)42)34(52-28)53-29-17-16-27(33(43)46-5)37(35(44)47-19-25-12-8-6-9-13-25)38(29)36(45)48-20-26-14-10-7-11-15-26/h6-15,27-32,34H,16-20H2,1-5H3/t27-,28+,29-,30-,31-,32+,34-/m0/s1. The van der Waals surface area contributed by atoms with Gasteiger partial charge in [-0.25, -0.2) is 14.4 Å². The third kappa shape index (κ3) is 11.0. The molecule has 2 heterocycles. The third-order valence-corrected chi connectivity index (χ3v) is 8.02. The number of esters is 4. The number of Topliss-reactive ketones (excluding diaryl/α,β-unsaturated/α-hetero) is 1. The summed E-state index contributed by atoms with van der Waals surface area (Å²) in [4.78, 5) is 90.2. The van der Waals surface area contributed by atoms with E-state index < -0.39 is 84.8 Å². The van der Waals surface area contributed by atoms with Crippen molar-refractivity contribution in [1.29, 1.82) is 0 Å². The Morgan fingerprint density at radius 3 is 1.64 bits per heavy atom. The van der Waals surface area contributed by atoms with Crippen LogP contribution in [0.1, 0.15) is 58.1 Å². The molecular formula is C36H42N2O15. The summed E-state index contributed by atoms with van der Waals surface area (Å²) in [7, 11) is 1.11. The van der Waals surface area contributed by atoms with Gasteiger partial charge in [-0.3, -0.25) is 19.2 Å². The highest BCUT2D eigenvalue weighted by atomic mass is 16.7. The summed E-state index contributed by atoms with van der Waals surface area (Å²) >= 11 is 0. The van der Waals surface area contributed by atoms with Crippen molar-refractivity contribution < 1.29 is 71.5 Å². The van der Waals surface area contributed by atoms with E-state index in [1.54, 1.807) is 60.7 Å². The second-order valence-corrected chi connectivity index (χ2v) is 12.1. The van der Waals surface area contributed by atoms with Crippen molar-refractivity contribution in [2.75, 3.05) is 7.11 Å². The molecule has 2 saturated heterocycles. The number of benzene rings is 2. The van der Waals surface area contributed by atoms with E-state index in [0.717, 1.165) is 37.9 Å². The van der Waals surface area contributed by atoms with Crippen molar-refractivity contribution in [2.24, 2.45) is 0 Å². The summed E-state index contributed by atoms with van der Waals surface area (Å²) in [6.45, 7) is 3.97. The number of nitrogens with zero attached hydrogens (tertiary/aromatic N) is 2. The number of hydrogen-bond donors (Lipinski definition) is 0. The van der Waals surface area contributed by atoms with Gasteiger partial charge in [0.25, 0.3) is 0 Å². The summed E-state index contributed by atoms with van der Waals surface area (Å²) in [5.74, 6) is -3.84. The van der Waals surface area contributed by atoms with Crippen LogP contribution >= 0.6 is 0 Å². The number of carbonyl (C=O) groups excluding carboxylic acids is 7.